The zero-order valence-electron chi connectivity index (χ0n) is 13.4. The van der Waals surface area contributed by atoms with Crippen molar-refractivity contribution in [3.63, 3.8) is 0 Å². The lowest BCUT2D eigenvalue weighted by atomic mass is 10.1. The number of primary amides is 1. The summed E-state index contributed by atoms with van der Waals surface area (Å²) in [7, 11) is 0. The zero-order valence-corrected chi connectivity index (χ0v) is 13.4. The van der Waals surface area contributed by atoms with Gasteiger partial charge in [0.2, 0.25) is 5.91 Å². The van der Waals surface area contributed by atoms with Gasteiger partial charge in [0.25, 0.3) is 5.91 Å². The molecule has 0 unspecified atom stereocenters. The number of para-hydroxylation sites is 1. The van der Waals surface area contributed by atoms with Crippen molar-refractivity contribution >= 4 is 22.7 Å². The number of nitrogens with two attached hydrogens (primary N) is 1. The van der Waals surface area contributed by atoms with Crippen molar-refractivity contribution < 1.29 is 9.59 Å². The van der Waals surface area contributed by atoms with Gasteiger partial charge in [0, 0.05) is 17.4 Å². The molecule has 3 aromatic rings. The predicted molar refractivity (Wildman–Crippen MR) is 93.5 cm³/mol. The maximum absolute atomic E-state index is 12.7. The summed E-state index contributed by atoms with van der Waals surface area (Å²) < 4.78 is 1.92. The SMILES string of the molecule is CCn1c(C(=O)N[C@H](C(N)=O)c2ccccc2)cc2ccccc21. The van der Waals surface area contributed by atoms with Crippen LogP contribution in [0.3, 0.4) is 0 Å². The van der Waals surface area contributed by atoms with Gasteiger partial charge in [-0.3, -0.25) is 9.59 Å². The molecule has 122 valence electrons. The molecule has 5 nitrogen and oxygen atoms in total. The summed E-state index contributed by atoms with van der Waals surface area (Å²) in [6.07, 6.45) is 0. The van der Waals surface area contributed by atoms with Crippen LogP contribution in [0.1, 0.15) is 29.0 Å². The Labute approximate surface area is 140 Å². The number of carbonyl (C=O) groups is 2. The first-order valence-corrected chi connectivity index (χ1v) is 7.85. The van der Waals surface area contributed by atoms with Gasteiger partial charge in [-0.1, -0.05) is 48.5 Å². The Morgan fingerprint density at radius 1 is 1.08 bits per heavy atom. The molecule has 0 saturated heterocycles. The molecule has 0 fully saturated rings. The average molecular weight is 321 g/mol. The number of nitrogens with one attached hydrogen (secondary N) is 1. The van der Waals surface area contributed by atoms with Crippen LogP contribution in [0.5, 0.6) is 0 Å². The van der Waals surface area contributed by atoms with Gasteiger partial charge < -0.3 is 15.6 Å². The van der Waals surface area contributed by atoms with Gasteiger partial charge in [-0.2, -0.15) is 0 Å². The van der Waals surface area contributed by atoms with E-state index in [1.165, 1.54) is 0 Å². The number of amides is 2. The van der Waals surface area contributed by atoms with E-state index in [0.29, 0.717) is 17.8 Å². The lowest BCUT2D eigenvalue weighted by Crippen LogP contribution is -2.38. The molecule has 1 aromatic heterocycles. The molecule has 1 atom stereocenters. The Morgan fingerprint density at radius 2 is 1.75 bits per heavy atom. The van der Waals surface area contributed by atoms with Crippen molar-refractivity contribution in [1.82, 2.24) is 9.88 Å². The summed E-state index contributed by atoms with van der Waals surface area (Å²) in [6, 6.07) is 17.8. The van der Waals surface area contributed by atoms with E-state index < -0.39 is 11.9 Å². The second kappa shape index (κ2) is 6.58. The average Bonchev–Trinajstić information content (AvgIpc) is 2.98. The largest absolute Gasteiger partial charge is 0.368 e. The molecule has 3 rings (SSSR count). The Morgan fingerprint density at radius 3 is 2.42 bits per heavy atom. The summed E-state index contributed by atoms with van der Waals surface area (Å²) in [5, 5.41) is 3.74. The second-order valence-electron chi connectivity index (χ2n) is 5.55. The standard InChI is InChI=1S/C19H19N3O2/c1-2-22-15-11-7-6-10-14(15)12-16(22)19(24)21-17(18(20)23)13-8-4-3-5-9-13/h3-12,17H,2H2,1H3,(H2,20,23)(H,21,24)/t17-/m0/s1. The smallest absolute Gasteiger partial charge is 0.268 e. The van der Waals surface area contributed by atoms with Crippen LogP contribution >= 0.6 is 0 Å². The molecule has 0 aliphatic heterocycles. The number of aryl methyl sites for hydroxylation is 1. The fourth-order valence-corrected chi connectivity index (χ4v) is 2.91. The maximum atomic E-state index is 12.7. The quantitative estimate of drug-likeness (QED) is 0.758. The van der Waals surface area contributed by atoms with Crippen LogP contribution in [0.2, 0.25) is 0 Å². The molecule has 3 N–H and O–H groups in total. The van der Waals surface area contributed by atoms with Crippen LogP contribution in [0.4, 0.5) is 0 Å². The number of hydrogen-bond acceptors (Lipinski definition) is 2. The lowest BCUT2D eigenvalue weighted by molar-refractivity contribution is -0.120. The highest BCUT2D eigenvalue weighted by Crippen LogP contribution is 2.21. The van der Waals surface area contributed by atoms with E-state index >= 15 is 0 Å². The number of nitrogens with zero attached hydrogens (tertiary/aromatic N) is 1. The third kappa shape index (κ3) is 2.88. The monoisotopic (exact) mass is 321 g/mol. The first kappa shape index (κ1) is 15.8. The Bertz CT molecular complexity index is 884. The van der Waals surface area contributed by atoms with E-state index in [1.807, 2.05) is 47.9 Å². The molecule has 0 aliphatic rings. The van der Waals surface area contributed by atoms with Crippen LogP contribution < -0.4 is 11.1 Å². The molecule has 0 radical (unpaired) electrons. The number of carbonyl (C=O) groups excluding carboxylic acids is 2. The van der Waals surface area contributed by atoms with Gasteiger partial charge in [0.05, 0.1) is 0 Å². The third-order valence-corrected chi connectivity index (χ3v) is 4.05. The molecule has 0 spiro atoms. The van der Waals surface area contributed by atoms with Gasteiger partial charge in [-0.25, -0.2) is 0 Å². The van der Waals surface area contributed by atoms with Crippen molar-refractivity contribution in [3.8, 4) is 0 Å². The van der Waals surface area contributed by atoms with E-state index in [-0.39, 0.29) is 5.91 Å². The molecule has 0 bridgehead atoms. The summed E-state index contributed by atoms with van der Waals surface area (Å²) in [5.74, 6) is -0.908. The van der Waals surface area contributed by atoms with Crippen LogP contribution in [-0.2, 0) is 11.3 Å². The minimum Gasteiger partial charge on any atom is -0.368 e. The molecule has 24 heavy (non-hydrogen) atoms. The number of rotatable bonds is 5. The predicted octanol–water partition coefficient (Wildman–Crippen LogP) is 2.62. The number of benzene rings is 2. The molecule has 1 heterocycles. The Hall–Kier alpha value is -3.08. The van der Waals surface area contributed by atoms with E-state index in [0.717, 1.165) is 10.9 Å². The molecule has 2 amide bonds. The summed E-state index contributed by atoms with van der Waals surface area (Å²) in [4.78, 5) is 24.5. The highest BCUT2D eigenvalue weighted by atomic mass is 16.2. The molecule has 0 saturated carbocycles. The molecular formula is C19H19N3O2. The second-order valence-corrected chi connectivity index (χ2v) is 5.55. The lowest BCUT2D eigenvalue weighted by Gasteiger charge is -2.16. The zero-order chi connectivity index (χ0) is 17.1. The minimum absolute atomic E-state index is 0.319. The van der Waals surface area contributed by atoms with Crippen molar-refractivity contribution in [2.75, 3.05) is 0 Å². The first-order chi connectivity index (χ1) is 11.6. The van der Waals surface area contributed by atoms with Crippen molar-refractivity contribution in [2.45, 2.75) is 19.5 Å². The van der Waals surface area contributed by atoms with Gasteiger partial charge >= 0.3 is 0 Å². The normalized spacial score (nSPS) is 12.0. The summed E-state index contributed by atoms with van der Waals surface area (Å²) in [5.41, 5.74) is 7.65. The third-order valence-electron chi connectivity index (χ3n) is 4.05. The van der Waals surface area contributed by atoms with Crippen LogP contribution in [0, 0.1) is 0 Å². The first-order valence-electron chi connectivity index (χ1n) is 7.85. The van der Waals surface area contributed by atoms with Crippen LogP contribution in [-0.4, -0.2) is 16.4 Å². The summed E-state index contributed by atoms with van der Waals surface area (Å²) >= 11 is 0. The van der Waals surface area contributed by atoms with Gasteiger partial charge in [-0.15, -0.1) is 0 Å². The minimum atomic E-state index is -0.859. The van der Waals surface area contributed by atoms with E-state index in [1.54, 1.807) is 24.3 Å². The van der Waals surface area contributed by atoms with Crippen molar-refractivity contribution in [2.24, 2.45) is 5.73 Å². The fraction of sp³-hybridized carbons (Fsp3) is 0.158. The van der Waals surface area contributed by atoms with Crippen molar-refractivity contribution in [1.29, 1.82) is 0 Å². The number of hydrogen-bond donors (Lipinski definition) is 2. The van der Waals surface area contributed by atoms with Crippen LogP contribution in [0.15, 0.2) is 60.7 Å². The molecule has 5 heteroatoms. The van der Waals surface area contributed by atoms with Gasteiger partial charge in [0.1, 0.15) is 11.7 Å². The topological polar surface area (TPSA) is 77.1 Å². The van der Waals surface area contributed by atoms with E-state index in [4.69, 9.17) is 5.73 Å². The summed E-state index contributed by atoms with van der Waals surface area (Å²) in [6.45, 7) is 2.63. The van der Waals surface area contributed by atoms with E-state index in [2.05, 4.69) is 5.32 Å². The maximum Gasteiger partial charge on any atom is 0.268 e. The number of aromatic nitrogens is 1. The Kier molecular flexibility index (Phi) is 4.33. The Balaban J connectivity index is 1.95. The van der Waals surface area contributed by atoms with Gasteiger partial charge in [0.15, 0.2) is 0 Å². The highest BCUT2D eigenvalue weighted by Gasteiger charge is 2.23. The molecule has 2 aromatic carbocycles. The van der Waals surface area contributed by atoms with Gasteiger partial charge in [-0.05, 0) is 24.6 Å². The number of fused-ring (bicyclic) bond motifs is 1. The van der Waals surface area contributed by atoms with Crippen LogP contribution in [0.25, 0.3) is 10.9 Å². The molecule has 0 aliphatic carbocycles. The fourth-order valence-electron chi connectivity index (χ4n) is 2.91. The van der Waals surface area contributed by atoms with E-state index in [9.17, 15) is 9.59 Å². The van der Waals surface area contributed by atoms with Crippen molar-refractivity contribution in [3.05, 3.63) is 71.9 Å². The highest BCUT2D eigenvalue weighted by molar-refractivity contribution is 6.00. The molecular weight excluding hydrogens is 302 g/mol.